The van der Waals surface area contributed by atoms with E-state index >= 15 is 0 Å². The van der Waals surface area contributed by atoms with Crippen LogP contribution in [0.2, 0.25) is 0 Å². The maximum Gasteiger partial charge on any atom is 0.257 e. The van der Waals surface area contributed by atoms with Crippen LogP contribution in [0.25, 0.3) is 0 Å². The molecule has 0 aromatic heterocycles. The van der Waals surface area contributed by atoms with Crippen molar-refractivity contribution in [3.05, 3.63) is 35.1 Å². The minimum atomic E-state index is -0.675. The van der Waals surface area contributed by atoms with Gasteiger partial charge in [0.1, 0.15) is 11.9 Å². The molecule has 1 aromatic carbocycles. The molecule has 1 amide bonds. The third-order valence-corrected chi connectivity index (χ3v) is 3.22. The van der Waals surface area contributed by atoms with E-state index in [1.54, 1.807) is 19.1 Å². The average molecular weight is 281 g/mol. The molecule has 0 radical (unpaired) electrons. The summed E-state index contributed by atoms with van der Waals surface area (Å²) < 4.78 is 19.3. The lowest BCUT2D eigenvalue weighted by molar-refractivity contribution is 0.00653. The van der Waals surface area contributed by atoms with E-state index < -0.39 is 17.8 Å². The molecular formula is C13H16FN3O3. The maximum atomic E-state index is 14.0. The first kappa shape index (κ1) is 14.3. The molecule has 1 fully saturated rings. The van der Waals surface area contributed by atoms with Gasteiger partial charge >= 0.3 is 0 Å². The highest BCUT2D eigenvalue weighted by Gasteiger charge is 2.29. The van der Waals surface area contributed by atoms with Crippen molar-refractivity contribution in [1.82, 2.24) is 4.90 Å². The first-order chi connectivity index (χ1) is 9.54. The number of amides is 1. The number of halogens is 1. The van der Waals surface area contributed by atoms with E-state index in [1.165, 1.54) is 11.0 Å². The summed E-state index contributed by atoms with van der Waals surface area (Å²) in [6.07, 6.45) is -0.675. The lowest BCUT2D eigenvalue weighted by atomic mass is 10.1. The van der Waals surface area contributed by atoms with Crippen LogP contribution >= 0.6 is 0 Å². The highest BCUT2D eigenvalue weighted by molar-refractivity contribution is 5.95. The van der Waals surface area contributed by atoms with Crippen LogP contribution in [0.3, 0.4) is 0 Å². The number of ether oxygens (including phenoxy) is 1. The number of morpholine rings is 1. The van der Waals surface area contributed by atoms with E-state index in [4.69, 9.17) is 15.7 Å². The van der Waals surface area contributed by atoms with Crippen LogP contribution in [0.4, 0.5) is 4.39 Å². The summed E-state index contributed by atoms with van der Waals surface area (Å²) in [7, 11) is 0. The van der Waals surface area contributed by atoms with Gasteiger partial charge in [0.25, 0.3) is 5.91 Å². The molecule has 1 aromatic rings. The fourth-order valence-corrected chi connectivity index (χ4v) is 2.06. The van der Waals surface area contributed by atoms with Crippen molar-refractivity contribution in [2.45, 2.75) is 13.0 Å². The minimum Gasteiger partial charge on any atom is -0.409 e. The summed E-state index contributed by atoms with van der Waals surface area (Å²) in [5, 5.41) is 11.5. The number of carbonyl (C=O) groups excluding carboxylic acids is 1. The van der Waals surface area contributed by atoms with E-state index in [9.17, 15) is 9.18 Å². The van der Waals surface area contributed by atoms with Gasteiger partial charge in [-0.05, 0) is 18.6 Å². The van der Waals surface area contributed by atoms with Crippen LogP contribution < -0.4 is 5.73 Å². The van der Waals surface area contributed by atoms with E-state index in [1.807, 2.05) is 0 Å². The number of rotatable bonds is 2. The van der Waals surface area contributed by atoms with Crippen LogP contribution in [0, 0.1) is 12.7 Å². The third-order valence-electron chi connectivity index (χ3n) is 3.22. The Morgan fingerprint density at radius 2 is 2.35 bits per heavy atom. The van der Waals surface area contributed by atoms with Crippen molar-refractivity contribution in [1.29, 1.82) is 0 Å². The quantitative estimate of drug-likeness (QED) is 0.362. The van der Waals surface area contributed by atoms with Crippen LogP contribution in [0.1, 0.15) is 15.9 Å². The summed E-state index contributed by atoms with van der Waals surface area (Å²) in [6, 6.07) is 4.68. The summed E-state index contributed by atoms with van der Waals surface area (Å²) in [4.78, 5) is 13.8. The van der Waals surface area contributed by atoms with E-state index in [0.717, 1.165) is 0 Å². The maximum absolute atomic E-state index is 14.0. The van der Waals surface area contributed by atoms with Gasteiger partial charge in [-0.2, -0.15) is 0 Å². The number of oxime groups is 1. The molecule has 6 nitrogen and oxygen atoms in total. The predicted octanol–water partition coefficient (Wildman–Crippen LogP) is 0.722. The summed E-state index contributed by atoms with van der Waals surface area (Å²) in [5.74, 6) is -1.05. The van der Waals surface area contributed by atoms with Crippen molar-refractivity contribution in [3.8, 4) is 0 Å². The zero-order valence-electron chi connectivity index (χ0n) is 11.0. The zero-order chi connectivity index (χ0) is 14.7. The molecule has 1 unspecified atom stereocenters. The molecule has 0 bridgehead atoms. The number of amidine groups is 1. The van der Waals surface area contributed by atoms with Gasteiger partial charge in [0, 0.05) is 6.54 Å². The first-order valence-corrected chi connectivity index (χ1v) is 6.18. The van der Waals surface area contributed by atoms with Crippen molar-refractivity contribution in [2.24, 2.45) is 10.9 Å². The van der Waals surface area contributed by atoms with Crippen molar-refractivity contribution < 1.29 is 19.1 Å². The number of benzene rings is 1. The standard InChI is InChI=1S/C13H16FN3O3/c1-8-3-2-4-9(11(8)14)13(18)17-5-6-20-10(7-17)12(15)16-19/h2-4,10,19H,5-7H2,1H3,(H2,15,16). The normalized spacial score (nSPS) is 20.0. The Balaban J connectivity index is 2.19. The van der Waals surface area contributed by atoms with Crippen molar-refractivity contribution >= 4 is 11.7 Å². The fourth-order valence-electron chi connectivity index (χ4n) is 2.06. The fraction of sp³-hybridized carbons (Fsp3) is 0.385. The summed E-state index contributed by atoms with van der Waals surface area (Å²) in [6.45, 7) is 2.31. The third kappa shape index (κ3) is 2.72. The van der Waals surface area contributed by atoms with Crippen LogP contribution in [-0.4, -0.2) is 47.7 Å². The molecule has 20 heavy (non-hydrogen) atoms. The van der Waals surface area contributed by atoms with Gasteiger partial charge in [-0.15, -0.1) is 0 Å². The molecule has 1 aliphatic heterocycles. The molecule has 7 heteroatoms. The number of carbonyl (C=O) groups is 1. The molecule has 2 rings (SSSR count). The Morgan fingerprint density at radius 1 is 1.60 bits per heavy atom. The molecule has 0 saturated carbocycles. The highest BCUT2D eigenvalue weighted by atomic mass is 19.1. The molecular weight excluding hydrogens is 265 g/mol. The lowest BCUT2D eigenvalue weighted by Gasteiger charge is -2.32. The van der Waals surface area contributed by atoms with Gasteiger partial charge in [0.15, 0.2) is 5.84 Å². The Morgan fingerprint density at radius 3 is 3.05 bits per heavy atom. The van der Waals surface area contributed by atoms with Crippen LogP contribution in [-0.2, 0) is 4.74 Å². The molecule has 1 heterocycles. The second-order valence-electron chi connectivity index (χ2n) is 4.57. The molecule has 0 aliphatic carbocycles. The van der Waals surface area contributed by atoms with Gasteiger partial charge in [-0.1, -0.05) is 17.3 Å². The summed E-state index contributed by atoms with van der Waals surface area (Å²) >= 11 is 0. The predicted molar refractivity (Wildman–Crippen MR) is 70.2 cm³/mol. The Bertz CT molecular complexity index is 548. The van der Waals surface area contributed by atoms with Crippen molar-refractivity contribution in [2.75, 3.05) is 19.7 Å². The minimum absolute atomic E-state index is 0.0187. The molecule has 0 spiro atoms. The topological polar surface area (TPSA) is 88.2 Å². The Labute approximate surface area is 115 Å². The van der Waals surface area contributed by atoms with E-state index in [-0.39, 0.29) is 24.6 Å². The Hall–Kier alpha value is -2.15. The zero-order valence-corrected chi connectivity index (χ0v) is 11.0. The monoisotopic (exact) mass is 281 g/mol. The lowest BCUT2D eigenvalue weighted by Crippen LogP contribution is -2.50. The highest BCUT2D eigenvalue weighted by Crippen LogP contribution is 2.16. The van der Waals surface area contributed by atoms with Gasteiger partial charge in [0.2, 0.25) is 0 Å². The van der Waals surface area contributed by atoms with Crippen molar-refractivity contribution in [3.63, 3.8) is 0 Å². The number of nitrogens with zero attached hydrogens (tertiary/aromatic N) is 2. The largest absolute Gasteiger partial charge is 0.409 e. The number of hydrogen-bond donors (Lipinski definition) is 2. The van der Waals surface area contributed by atoms with Gasteiger partial charge in [0.05, 0.1) is 18.7 Å². The second kappa shape index (κ2) is 5.87. The van der Waals surface area contributed by atoms with Gasteiger partial charge < -0.3 is 20.6 Å². The van der Waals surface area contributed by atoms with Gasteiger partial charge in [-0.3, -0.25) is 4.79 Å². The van der Waals surface area contributed by atoms with Crippen LogP contribution in [0.15, 0.2) is 23.4 Å². The van der Waals surface area contributed by atoms with E-state index in [2.05, 4.69) is 5.16 Å². The number of aryl methyl sites for hydroxylation is 1. The molecule has 1 atom stereocenters. The molecule has 1 aliphatic rings. The SMILES string of the molecule is Cc1cccc(C(=O)N2CCOC(/C(N)=N/O)C2)c1F. The molecule has 3 N–H and O–H groups in total. The average Bonchev–Trinajstić information content (AvgIpc) is 2.48. The number of nitrogens with two attached hydrogens (primary N) is 1. The Kier molecular flexibility index (Phi) is 4.19. The van der Waals surface area contributed by atoms with Gasteiger partial charge in [-0.25, -0.2) is 4.39 Å². The molecule has 1 saturated heterocycles. The second-order valence-corrected chi connectivity index (χ2v) is 4.57. The number of hydrogen-bond acceptors (Lipinski definition) is 4. The first-order valence-electron chi connectivity index (χ1n) is 6.18. The van der Waals surface area contributed by atoms with Crippen LogP contribution in [0.5, 0.6) is 0 Å². The summed E-state index contributed by atoms with van der Waals surface area (Å²) in [5.41, 5.74) is 5.90. The smallest absolute Gasteiger partial charge is 0.257 e. The molecule has 108 valence electrons. The van der Waals surface area contributed by atoms with E-state index in [0.29, 0.717) is 12.1 Å².